The van der Waals surface area contributed by atoms with Crippen molar-refractivity contribution in [1.29, 1.82) is 5.26 Å². The zero-order valence-corrected chi connectivity index (χ0v) is 9.82. The second-order valence-corrected chi connectivity index (χ2v) is 4.63. The highest BCUT2D eigenvalue weighted by Crippen LogP contribution is 2.22. The summed E-state index contributed by atoms with van der Waals surface area (Å²) < 4.78 is 0. The molecular formula is C12H22N2O. The standard InChI is InChI=1S/C12H22N2O/c1-10(9-13)14-7-5-3-4-6-12(14)8-11(2)15/h10-12,15H,3-8H2,1-2H3. The summed E-state index contributed by atoms with van der Waals surface area (Å²) in [7, 11) is 0. The van der Waals surface area contributed by atoms with Crippen LogP contribution in [0.4, 0.5) is 0 Å². The summed E-state index contributed by atoms with van der Waals surface area (Å²) in [4.78, 5) is 2.26. The minimum Gasteiger partial charge on any atom is -0.393 e. The molecule has 1 aliphatic heterocycles. The Kier molecular flexibility index (Phi) is 5.07. The molecule has 86 valence electrons. The second kappa shape index (κ2) is 6.09. The second-order valence-electron chi connectivity index (χ2n) is 4.63. The molecule has 3 heteroatoms. The van der Waals surface area contributed by atoms with Crippen molar-refractivity contribution in [2.75, 3.05) is 6.54 Å². The molecule has 1 saturated heterocycles. The number of nitrogens with zero attached hydrogens (tertiary/aromatic N) is 2. The maximum Gasteiger partial charge on any atom is 0.0951 e. The summed E-state index contributed by atoms with van der Waals surface area (Å²) in [5.74, 6) is 0. The van der Waals surface area contributed by atoms with Crippen molar-refractivity contribution < 1.29 is 5.11 Å². The van der Waals surface area contributed by atoms with E-state index in [4.69, 9.17) is 5.26 Å². The van der Waals surface area contributed by atoms with Crippen molar-refractivity contribution in [3.63, 3.8) is 0 Å². The van der Waals surface area contributed by atoms with Crippen molar-refractivity contribution in [3.8, 4) is 6.07 Å². The Bertz CT molecular complexity index is 222. The first-order valence-corrected chi connectivity index (χ1v) is 5.98. The first-order chi connectivity index (χ1) is 7.15. The smallest absolute Gasteiger partial charge is 0.0951 e. The minimum atomic E-state index is -0.263. The molecule has 0 aliphatic carbocycles. The molecule has 1 heterocycles. The van der Waals surface area contributed by atoms with Crippen LogP contribution in [-0.2, 0) is 0 Å². The molecule has 0 amide bonds. The van der Waals surface area contributed by atoms with Crippen molar-refractivity contribution >= 4 is 0 Å². The Morgan fingerprint density at radius 3 is 2.73 bits per heavy atom. The number of nitriles is 1. The third-order valence-electron chi connectivity index (χ3n) is 3.22. The molecule has 1 N–H and O–H groups in total. The van der Waals surface area contributed by atoms with Gasteiger partial charge in [0.2, 0.25) is 0 Å². The van der Waals surface area contributed by atoms with Crippen LogP contribution in [0.3, 0.4) is 0 Å². The molecule has 1 rings (SSSR count). The summed E-state index contributed by atoms with van der Waals surface area (Å²) in [6, 6.07) is 2.68. The molecule has 0 aromatic carbocycles. The Balaban J connectivity index is 2.63. The molecule has 0 aromatic heterocycles. The lowest BCUT2D eigenvalue weighted by Gasteiger charge is -2.32. The Morgan fingerprint density at radius 1 is 1.40 bits per heavy atom. The van der Waals surface area contributed by atoms with Gasteiger partial charge in [0, 0.05) is 6.04 Å². The fourth-order valence-corrected chi connectivity index (χ4v) is 2.43. The Labute approximate surface area is 92.7 Å². The van der Waals surface area contributed by atoms with E-state index in [9.17, 15) is 5.11 Å². The van der Waals surface area contributed by atoms with Crippen LogP contribution >= 0.6 is 0 Å². The van der Waals surface area contributed by atoms with E-state index in [2.05, 4.69) is 11.0 Å². The third kappa shape index (κ3) is 3.81. The summed E-state index contributed by atoms with van der Waals surface area (Å²) in [5.41, 5.74) is 0. The van der Waals surface area contributed by atoms with E-state index in [0.29, 0.717) is 6.04 Å². The predicted molar refractivity (Wildman–Crippen MR) is 60.3 cm³/mol. The first-order valence-electron chi connectivity index (χ1n) is 5.98. The topological polar surface area (TPSA) is 47.3 Å². The van der Waals surface area contributed by atoms with E-state index in [-0.39, 0.29) is 12.1 Å². The summed E-state index contributed by atoms with van der Waals surface area (Å²) in [6.07, 6.45) is 5.32. The van der Waals surface area contributed by atoms with Gasteiger partial charge in [-0.1, -0.05) is 12.8 Å². The quantitative estimate of drug-likeness (QED) is 0.774. The normalized spacial score (nSPS) is 27.7. The van der Waals surface area contributed by atoms with Crippen LogP contribution in [-0.4, -0.2) is 34.7 Å². The number of likely N-dealkylation sites (tertiary alicyclic amines) is 1. The Hall–Kier alpha value is -0.590. The lowest BCUT2D eigenvalue weighted by Crippen LogP contribution is -2.42. The van der Waals surface area contributed by atoms with Crippen molar-refractivity contribution in [3.05, 3.63) is 0 Å². The van der Waals surface area contributed by atoms with Crippen molar-refractivity contribution in [2.24, 2.45) is 0 Å². The molecule has 0 bridgehead atoms. The number of rotatable bonds is 3. The molecule has 0 saturated carbocycles. The summed E-state index contributed by atoms with van der Waals surface area (Å²) >= 11 is 0. The maximum atomic E-state index is 9.46. The van der Waals surface area contributed by atoms with Gasteiger partial charge in [0.25, 0.3) is 0 Å². The van der Waals surface area contributed by atoms with Crippen molar-refractivity contribution in [2.45, 2.75) is 64.1 Å². The first kappa shape index (κ1) is 12.5. The maximum absolute atomic E-state index is 9.46. The van der Waals surface area contributed by atoms with E-state index in [0.717, 1.165) is 19.4 Å². The van der Waals surface area contributed by atoms with E-state index in [1.807, 2.05) is 13.8 Å². The molecule has 1 fully saturated rings. The van der Waals surface area contributed by atoms with Crippen LogP contribution in [0, 0.1) is 11.3 Å². The van der Waals surface area contributed by atoms with Crippen LogP contribution in [0.25, 0.3) is 0 Å². The average Bonchev–Trinajstić information content (AvgIpc) is 2.41. The lowest BCUT2D eigenvalue weighted by atomic mass is 10.0. The average molecular weight is 210 g/mol. The van der Waals surface area contributed by atoms with Gasteiger partial charge in [-0.2, -0.15) is 5.26 Å². The van der Waals surface area contributed by atoms with Gasteiger partial charge in [-0.3, -0.25) is 4.90 Å². The van der Waals surface area contributed by atoms with Crippen molar-refractivity contribution in [1.82, 2.24) is 4.90 Å². The van der Waals surface area contributed by atoms with Gasteiger partial charge in [-0.15, -0.1) is 0 Å². The van der Waals surface area contributed by atoms with Gasteiger partial charge in [-0.05, 0) is 39.7 Å². The molecule has 3 nitrogen and oxygen atoms in total. The molecule has 3 unspecified atom stereocenters. The highest BCUT2D eigenvalue weighted by Gasteiger charge is 2.25. The predicted octanol–water partition coefficient (Wildman–Crippen LogP) is 1.91. The SMILES string of the molecule is CC(O)CC1CCCCCN1C(C)C#N. The van der Waals surface area contributed by atoms with Crippen LogP contribution in [0.2, 0.25) is 0 Å². The number of hydrogen-bond acceptors (Lipinski definition) is 3. The van der Waals surface area contributed by atoms with Crippen LogP contribution in [0.5, 0.6) is 0 Å². The molecule has 0 radical (unpaired) electrons. The van der Waals surface area contributed by atoms with Gasteiger partial charge < -0.3 is 5.11 Å². The van der Waals surface area contributed by atoms with E-state index < -0.39 is 0 Å². The number of hydrogen-bond donors (Lipinski definition) is 1. The zero-order chi connectivity index (χ0) is 11.3. The van der Waals surface area contributed by atoms with E-state index >= 15 is 0 Å². The third-order valence-corrected chi connectivity index (χ3v) is 3.22. The van der Waals surface area contributed by atoms with Gasteiger partial charge >= 0.3 is 0 Å². The fourth-order valence-electron chi connectivity index (χ4n) is 2.43. The van der Waals surface area contributed by atoms with Gasteiger partial charge in [-0.25, -0.2) is 0 Å². The van der Waals surface area contributed by atoms with Crippen LogP contribution < -0.4 is 0 Å². The summed E-state index contributed by atoms with van der Waals surface area (Å²) in [5, 5.41) is 18.4. The molecule has 3 atom stereocenters. The monoisotopic (exact) mass is 210 g/mol. The lowest BCUT2D eigenvalue weighted by molar-refractivity contribution is 0.102. The molecule has 0 spiro atoms. The molecule has 1 aliphatic rings. The highest BCUT2D eigenvalue weighted by atomic mass is 16.3. The molecular weight excluding hydrogens is 188 g/mol. The van der Waals surface area contributed by atoms with Crippen LogP contribution in [0.1, 0.15) is 46.0 Å². The molecule has 15 heavy (non-hydrogen) atoms. The molecule has 0 aromatic rings. The summed E-state index contributed by atoms with van der Waals surface area (Å²) in [6.45, 7) is 4.80. The van der Waals surface area contributed by atoms with E-state index in [1.165, 1.54) is 19.3 Å². The van der Waals surface area contributed by atoms with Crippen LogP contribution in [0.15, 0.2) is 0 Å². The number of aliphatic hydroxyl groups is 1. The minimum absolute atomic E-state index is 0.0214. The fraction of sp³-hybridized carbons (Fsp3) is 0.917. The van der Waals surface area contributed by atoms with Gasteiger partial charge in [0.05, 0.1) is 18.2 Å². The number of aliphatic hydroxyl groups excluding tert-OH is 1. The van der Waals surface area contributed by atoms with Gasteiger partial charge in [0.15, 0.2) is 0 Å². The van der Waals surface area contributed by atoms with E-state index in [1.54, 1.807) is 0 Å². The van der Waals surface area contributed by atoms with Gasteiger partial charge in [0.1, 0.15) is 0 Å². The Morgan fingerprint density at radius 2 is 2.13 bits per heavy atom. The zero-order valence-electron chi connectivity index (χ0n) is 9.82. The highest BCUT2D eigenvalue weighted by molar-refractivity contribution is 4.92. The largest absolute Gasteiger partial charge is 0.393 e.